The molecule has 0 spiro atoms. The molecule has 1 aromatic heterocycles. The molecule has 0 aliphatic carbocycles. The van der Waals surface area contributed by atoms with Gasteiger partial charge in [-0.25, -0.2) is 18.1 Å². The first kappa shape index (κ1) is 21.7. The Morgan fingerprint density at radius 1 is 1.16 bits per heavy atom. The highest BCUT2D eigenvalue weighted by molar-refractivity contribution is 7.89. The number of nitrogens with zero attached hydrogens (tertiary/aromatic N) is 2. The molecule has 0 unspecified atom stereocenters. The van der Waals surface area contributed by atoms with Crippen molar-refractivity contribution in [1.82, 2.24) is 9.71 Å². The number of ether oxygens (including phenoxy) is 1. The number of rotatable bonds is 8. The highest BCUT2D eigenvalue weighted by Gasteiger charge is 2.17. The van der Waals surface area contributed by atoms with Gasteiger partial charge in [0.05, 0.1) is 21.7 Å². The summed E-state index contributed by atoms with van der Waals surface area (Å²) in [5, 5.41) is 3.89. The van der Waals surface area contributed by atoms with Crippen LogP contribution in [0.3, 0.4) is 0 Å². The Kier molecular flexibility index (Phi) is 6.51. The van der Waals surface area contributed by atoms with Crippen LogP contribution in [0.1, 0.15) is 23.2 Å². The standard InChI is InChI=1S/C21H24N4O4S2/c1-29-13-10-22-31(27,28)17-7-4-15(5-8-17)20(26)23-16-6-9-18-19(14-16)30-21(24-18)25-11-2-3-12-25/h4-9,14,22H,2-3,10-13H2,1H3,(H,23,26). The first-order valence-corrected chi connectivity index (χ1v) is 12.3. The Hall–Kier alpha value is -2.53. The first-order chi connectivity index (χ1) is 15.0. The minimum Gasteiger partial charge on any atom is -0.383 e. The second-order valence-electron chi connectivity index (χ2n) is 7.24. The summed E-state index contributed by atoms with van der Waals surface area (Å²) in [6.45, 7) is 2.54. The Labute approximate surface area is 185 Å². The van der Waals surface area contributed by atoms with Gasteiger partial charge in [-0.3, -0.25) is 4.79 Å². The summed E-state index contributed by atoms with van der Waals surface area (Å²) in [5.74, 6) is -0.306. The zero-order valence-corrected chi connectivity index (χ0v) is 18.8. The molecule has 0 saturated carbocycles. The number of methoxy groups -OCH3 is 1. The van der Waals surface area contributed by atoms with E-state index in [1.807, 2.05) is 18.2 Å². The number of sulfonamides is 1. The number of carbonyl (C=O) groups is 1. The van der Waals surface area contributed by atoms with E-state index >= 15 is 0 Å². The monoisotopic (exact) mass is 460 g/mol. The Balaban J connectivity index is 1.44. The summed E-state index contributed by atoms with van der Waals surface area (Å²) in [7, 11) is -2.13. The van der Waals surface area contributed by atoms with E-state index in [0.29, 0.717) is 11.3 Å². The Bertz CT molecular complexity index is 1170. The average molecular weight is 461 g/mol. The van der Waals surface area contributed by atoms with Crippen LogP contribution >= 0.6 is 11.3 Å². The molecule has 31 heavy (non-hydrogen) atoms. The lowest BCUT2D eigenvalue weighted by molar-refractivity contribution is 0.102. The van der Waals surface area contributed by atoms with Crippen molar-refractivity contribution >= 4 is 48.3 Å². The smallest absolute Gasteiger partial charge is 0.255 e. The van der Waals surface area contributed by atoms with Crippen LogP contribution in [0.2, 0.25) is 0 Å². The molecule has 1 saturated heterocycles. The predicted molar refractivity (Wildman–Crippen MR) is 123 cm³/mol. The average Bonchev–Trinajstić information content (AvgIpc) is 3.43. The van der Waals surface area contributed by atoms with Gasteiger partial charge in [0.1, 0.15) is 0 Å². The number of amides is 1. The molecular weight excluding hydrogens is 436 g/mol. The van der Waals surface area contributed by atoms with Crippen molar-refractivity contribution in [3.63, 3.8) is 0 Å². The number of carbonyl (C=O) groups excluding carboxylic acids is 1. The molecule has 2 N–H and O–H groups in total. The highest BCUT2D eigenvalue weighted by atomic mass is 32.2. The summed E-state index contributed by atoms with van der Waals surface area (Å²) < 4.78 is 32.8. The number of aromatic nitrogens is 1. The van der Waals surface area contributed by atoms with Crippen LogP contribution in [0.5, 0.6) is 0 Å². The van der Waals surface area contributed by atoms with Gasteiger partial charge >= 0.3 is 0 Å². The molecule has 8 nitrogen and oxygen atoms in total. The first-order valence-electron chi connectivity index (χ1n) is 10.0. The predicted octanol–water partition coefficient (Wildman–Crippen LogP) is 3.07. The number of fused-ring (bicyclic) bond motifs is 1. The molecule has 164 valence electrons. The van der Waals surface area contributed by atoms with Crippen molar-refractivity contribution in [3.8, 4) is 0 Å². The van der Waals surface area contributed by atoms with Crippen LogP contribution in [-0.4, -0.2) is 52.7 Å². The number of thiazole rings is 1. The minimum atomic E-state index is -3.63. The lowest BCUT2D eigenvalue weighted by atomic mass is 10.2. The number of anilines is 2. The highest BCUT2D eigenvalue weighted by Crippen LogP contribution is 2.32. The maximum Gasteiger partial charge on any atom is 0.255 e. The molecule has 10 heteroatoms. The molecule has 1 aliphatic heterocycles. The second-order valence-corrected chi connectivity index (χ2v) is 10.0. The molecular formula is C21H24N4O4S2. The molecule has 0 atom stereocenters. The number of hydrogen-bond donors (Lipinski definition) is 2. The van der Waals surface area contributed by atoms with E-state index in [-0.39, 0.29) is 24.0 Å². The van der Waals surface area contributed by atoms with Gasteiger partial charge in [0.15, 0.2) is 5.13 Å². The second kappa shape index (κ2) is 9.31. The van der Waals surface area contributed by atoms with E-state index < -0.39 is 10.0 Å². The summed E-state index contributed by atoms with van der Waals surface area (Å²) in [6.07, 6.45) is 2.39. The van der Waals surface area contributed by atoms with Crippen molar-refractivity contribution < 1.29 is 17.9 Å². The maximum atomic E-state index is 12.6. The Morgan fingerprint density at radius 3 is 2.61 bits per heavy atom. The molecule has 1 fully saturated rings. The molecule has 0 bridgehead atoms. The van der Waals surface area contributed by atoms with Gasteiger partial charge in [0, 0.05) is 38.0 Å². The van der Waals surface area contributed by atoms with E-state index in [4.69, 9.17) is 9.72 Å². The molecule has 3 aromatic rings. The van der Waals surface area contributed by atoms with Gasteiger partial charge < -0.3 is 15.0 Å². The van der Waals surface area contributed by atoms with Crippen molar-refractivity contribution in [3.05, 3.63) is 48.0 Å². The van der Waals surface area contributed by atoms with Gasteiger partial charge in [0.2, 0.25) is 10.0 Å². The van der Waals surface area contributed by atoms with Gasteiger partial charge in [-0.05, 0) is 55.3 Å². The van der Waals surface area contributed by atoms with Gasteiger partial charge in [-0.15, -0.1) is 0 Å². The summed E-state index contributed by atoms with van der Waals surface area (Å²) in [5.41, 5.74) is 1.96. The fraction of sp³-hybridized carbons (Fsp3) is 0.333. The molecule has 2 aromatic carbocycles. The molecule has 0 radical (unpaired) electrons. The van der Waals surface area contributed by atoms with Gasteiger partial charge in [0.25, 0.3) is 5.91 Å². The van der Waals surface area contributed by atoms with Crippen molar-refractivity contribution in [2.24, 2.45) is 0 Å². The number of hydrogen-bond acceptors (Lipinski definition) is 7. The van der Waals surface area contributed by atoms with Crippen LogP contribution in [0.15, 0.2) is 47.4 Å². The van der Waals surface area contributed by atoms with E-state index in [2.05, 4.69) is 14.9 Å². The van der Waals surface area contributed by atoms with E-state index in [1.54, 1.807) is 11.3 Å². The molecule has 4 rings (SSSR count). The lowest BCUT2D eigenvalue weighted by Gasteiger charge is -2.11. The third-order valence-electron chi connectivity index (χ3n) is 5.04. The van der Waals surface area contributed by atoms with Crippen LogP contribution < -0.4 is 14.9 Å². The zero-order chi connectivity index (χ0) is 21.8. The third-order valence-corrected chi connectivity index (χ3v) is 7.59. The largest absolute Gasteiger partial charge is 0.383 e. The minimum absolute atomic E-state index is 0.0978. The molecule has 1 aliphatic rings. The number of benzene rings is 2. The zero-order valence-electron chi connectivity index (χ0n) is 17.1. The normalized spacial score (nSPS) is 14.3. The lowest BCUT2D eigenvalue weighted by Crippen LogP contribution is -2.27. The molecule has 1 amide bonds. The quantitative estimate of drug-likeness (QED) is 0.501. The molecule has 2 heterocycles. The van der Waals surface area contributed by atoms with E-state index in [1.165, 1.54) is 44.2 Å². The maximum absolute atomic E-state index is 12.6. The number of nitrogens with one attached hydrogen (secondary N) is 2. The summed E-state index contributed by atoms with van der Waals surface area (Å²) in [6, 6.07) is 11.5. The van der Waals surface area contributed by atoms with E-state index in [0.717, 1.165) is 28.4 Å². The topological polar surface area (TPSA) is 101 Å². The van der Waals surface area contributed by atoms with Crippen molar-refractivity contribution in [2.75, 3.05) is 43.6 Å². The fourth-order valence-electron chi connectivity index (χ4n) is 3.38. The summed E-state index contributed by atoms with van der Waals surface area (Å²) in [4.78, 5) is 19.7. The van der Waals surface area contributed by atoms with Crippen LogP contribution in [0.4, 0.5) is 10.8 Å². The Morgan fingerprint density at radius 2 is 1.90 bits per heavy atom. The third kappa shape index (κ3) is 5.04. The van der Waals surface area contributed by atoms with Gasteiger partial charge in [-0.2, -0.15) is 0 Å². The van der Waals surface area contributed by atoms with Crippen molar-refractivity contribution in [1.29, 1.82) is 0 Å². The van der Waals surface area contributed by atoms with Crippen LogP contribution in [0, 0.1) is 0 Å². The van der Waals surface area contributed by atoms with E-state index in [9.17, 15) is 13.2 Å². The fourth-order valence-corrected chi connectivity index (χ4v) is 5.45. The SMILES string of the molecule is COCCNS(=O)(=O)c1ccc(C(=O)Nc2ccc3nc(N4CCCC4)sc3c2)cc1. The van der Waals surface area contributed by atoms with Crippen LogP contribution in [0.25, 0.3) is 10.2 Å². The summed E-state index contributed by atoms with van der Waals surface area (Å²) >= 11 is 1.63. The van der Waals surface area contributed by atoms with Gasteiger partial charge in [-0.1, -0.05) is 11.3 Å². The van der Waals surface area contributed by atoms with Crippen molar-refractivity contribution in [2.45, 2.75) is 17.7 Å². The van der Waals surface area contributed by atoms with Crippen LogP contribution in [-0.2, 0) is 14.8 Å².